The van der Waals surface area contributed by atoms with Crippen LogP contribution >= 0.6 is 0 Å². The van der Waals surface area contributed by atoms with E-state index in [-0.39, 0.29) is 12.5 Å². The molecule has 108 valence electrons. The van der Waals surface area contributed by atoms with Crippen LogP contribution in [-0.2, 0) is 18.4 Å². The number of hydrogen-bond donors (Lipinski definition) is 1. The van der Waals surface area contributed by atoms with Crippen molar-refractivity contribution in [3.8, 4) is 0 Å². The normalized spacial score (nSPS) is 11.0. The van der Waals surface area contributed by atoms with Gasteiger partial charge in [0.2, 0.25) is 5.91 Å². The minimum atomic E-state index is -0.00618. The molecule has 0 bridgehead atoms. The lowest BCUT2D eigenvalue weighted by atomic mass is 10.1. The zero-order valence-corrected chi connectivity index (χ0v) is 12.2. The van der Waals surface area contributed by atoms with Crippen LogP contribution in [0.25, 0.3) is 0 Å². The van der Waals surface area contributed by atoms with Crippen molar-refractivity contribution in [2.24, 2.45) is 13.0 Å². The Morgan fingerprint density at radius 1 is 1.53 bits per heavy atom. The molecule has 1 rings (SSSR count). The summed E-state index contributed by atoms with van der Waals surface area (Å²) in [5.74, 6) is 0.729. The Morgan fingerprint density at radius 2 is 2.26 bits per heavy atom. The second-order valence-electron chi connectivity index (χ2n) is 5.32. The van der Waals surface area contributed by atoms with Crippen LogP contribution in [0.1, 0.15) is 38.8 Å². The fraction of sp³-hybridized carbons (Fsp3) is 0.714. The summed E-state index contributed by atoms with van der Waals surface area (Å²) in [7, 11) is 1.91. The fourth-order valence-electron chi connectivity index (χ4n) is 1.96. The number of imidazole rings is 1. The molecule has 1 aromatic rings. The van der Waals surface area contributed by atoms with Crippen LogP contribution in [0, 0.1) is 5.92 Å². The number of aliphatic hydroxyl groups excluding tert-OH is 1. The summed E-state index contributed by atoms with van der Waals surface area (Å²) in [6, 6.07) is 0. The maximum Gasteiger partial charge on any atom is 0.222 e. The summed E-state index contributed by atoms with van der Waals surface area (Å²) in [5, 5.41) is 9.08. The monoisotopic (exact) mass is 267 g/mol. The highest BCUT2D eigenvalue weighted by Gasteiger charge is 2.14. The lowest BCUT2D eigenvalue weighted by Crippen LogP contribution is -2.33. The van der Waals surface area contributed by atoms with E-state index in [0.717, 1.165) is 18.5 Å². The Hall–Kier alpha value is -1.36. The van der Waals surface area contributed by atoms with Gasteiger partial charge in [0.1, 0.15) is 0 Å². The average molecular weight is 267 g/mol. The molecule has 1 amide bonds. The number of amides is 1. The molecule has 0 unspecified atom stereocenters. The van der Waals surface area contributed by atoms with Crippen molar-refractivity contribution in [1.82, 2.24) is 14.5 Å². The zero-order valence-electron chi connectivity index (χ0n) is 12.2. The molecule has 0 saturated heterocycles. The van der Waals surface area contributed by atoms with Crippen LogP contribution in [0.3, 0.4) is 0 Å². The number of aliphatic hydroxyl groups is 1. The molecule has 0 aliphatic rings. The van der Waals surface area contributed by atoms with Gasteiger partial charge in [0.25, 0.3) is 0 Å². The Kier molecular flexibility index (Phi) is 6.56. The fourth-order valence-corrected chi connectivity index (χ4v) is 1.96. The number of carbonyl (C=O) groups excluding carboxylic acids is 1. The van der Waals surface area contributed by atoms with E-state index in [2.05, 4.69) is 18.8 Å². The highest BCUT2D eigenvalue weighted by Crippen LogP contribution is 2.10. The third kappa shape index (κ3) is 5.42. The standard InChI is InChI=1S/C14H25N3O2/c1-12(2)5-4-6-14(19)17(7-8-18)10-13-9-15-11-16(13)3/h9,11-12,18H,4-8,10H2,1-3H3. The van der Waals surface area contributed by atoms with E-state index in [1.165, 1.54) is 0 Å². The minimum Gasteiger partial charge on any atom is -0.395 e. The molecule has 5 heteroatoms. The Labute approximate surface area is 115 Å². The summed E-state index contributed by atoms with van der Waals surface area (Å²) in [6.45, 7) is 5.20. The molecule has 0 aliphatic carbocycles. The molecule has 0 fully saturated rings. The van der Waals surface area contributed by atoms with E-state index in [1.807, 2.05) is 11.6 Å². The molecule has 0 spiro atoms. The van der Waals surface area contributed by atoms with E-state index in [4.69, 9.17) is 5.11 Å². The predicted molar refractivity (Wildman–Crippen MR) is 74.4 cm³/mol. The van der Waals surface area contributed by atoms with E-state index in [9.17, 15) is 4.79 Å². The molecule has 0 saturated carbocycles. The van der Waals surface area contributed by atoms with E-state index in [0.29, 0.717) is 25.4 Å². The van der Waals surface area contributed by atoms with Gasteiger partial charge in [-0.15, -0.1) is 0 Å². The molecular weight excluding hydrogens is 242 g/mol. The van der Waals surface area contributed by atoms with Crippen molar-refractivity contribution in [3.05, 3.63) is 18.2 Å². The summed E-state index contributed by atoms with van der Waals surface area (Å²) in [5.41, 5.74) is 0.977. The maximum absolute atomic E-state index is 12.1. The second kappa shape index (κ2) is 7.94. The summed E-state index contributed by atoms with van der Waals surface area (Å²) < 4.78 is 1.89. The first-order chi connectivity index (χ1) is 9.04. The van der Waals surface area contributed by atoms with Gasteiger partial charge in [-0.2, -0.15) is 0 Å². The van der Waals surface area contributed by atoms with Crippen molar-refractivity contribution in [3.63, 3.8) is 0 Å². The highest BCUT2D eigenvalue weighted by molar-refractivity contribution is 5.76. The number of nitrogens with zero attached hydrogens (tertiary/aromatic N) is 3. The number of aryl methyl sites for hydroxylation is 1. The summed E-state index contributed by atoms with van der Waals surface area (Å²) in [4.78, 5) is 17.9. The van der Waals surface area contributed by atoms with Gasteiger partial charge in [-0.25, -0.2) is 4.98 Å². The van der Waals surface area contributed by atoms with Gasteiger partial charge in [0.15, 0.2) is 0 Å². The van der Waals surface area contributed by atoms with Gasteiger partial charge >= 0.3 is 0 Å². The summed E-state index contributed by atoms with van der Waals surface area (Å²) in [6.07, 6.45) is 5.99. The minimum absolute atomic E-state index is 0.00618. The number of hydrogen-bond acceptors (Lipinski definition) is 3. The topological polar surface area (TPSA) is 58.4 Å². The smallest absolute Gasteiger partial charge is 0.222 e. The van der Waals surface area contributed by atoms with Crippen LogP contribution in [0.4, 0.5) is 0 Å². The average Bonchev–Trinajstić information content (AvgIpc) is 2.74. The zero-order chi connectivity index (χ0) is 14.3. The Morgan fingerprint density at radius 3 is 2.79 bits per heavy atom. The van der Waals surface area contributed by atoms with Gasteiger partial charge in [-0.1, -0.05) is 20.3 Å². The van der Waals surface area contributed by atoms with Crippen molar-refractivity contribution < 1.29 is 9.90 Å². The third-order valence-corrected chi connectivity index (χ3v) is 3.16. The number of rotatable bonds is 8. The third-order valence-electron chi connectivity index (χ3n) is 3.16. The largest absolute Gasteiger partial charge is 0.395 e. The maximum atomic E-state index is 12.1. The molecule has 0 radical (unpaired) electrons. The number of aromatic nitrogens is 2. The first-order valence-corrected chi connectivity index (χ1v) is 6.88. The molecule has 1 aromatic heterocycles. The summed E-state index contributed by atoms with van der Waals surface area (Å²) >= 11 is 0. The van der Waals surface area contributed by atoms with Crippen molar-refractivity contribution in [1.29, 1.82) is 0 Å². The first-order valence-electron chi connectivity index (χ1n) is 6.88. The van der Waals surface area contributed by atoms with Crippen LogP contribution in [0.5, 0.6) is 0 Å². The van der Waals surface area contributed by atoms with Crippen LogP contribution in [-0.4, -0.2) is 38.6 Å². The molecular formula is C14H25N3O2. The van der Waals surface area contributed by atoms with E-state index < -0.39 is 0 Å². The molecule has 19 heavy (non-hydrogen) atoms. The van der Waals surface area contributed by atoms with Crippen LogP contribution in [0.2, 0.25) is 0 Å². The van der Waals surface area contributed by atoms with E-state index in [1.54, 1.807) is 17.4 Å². The molecule has 0 atom stereocenters. The molecule has 1 heterocycles. The van der Waals surface area contributed by atoms with Gasteiger partial charge in [0, 0.05) is 26.2 Å². The van der Waals surface area contributed by atoms with Crippen LogP contribution in [0.15, 0.2) is 12.5 Å². The van der Waals surface area contributed by atoms with Crippen molar-refractivity contribution >= 4 is 5.91 Å². The molecule has 1 N–H and O–H groups in total. The van der Waals surface area contributed by atoms with Gasteiger partial charge in [-0.3, -0.25) is 4.79 Å². The van der Waals surface area contributed by atoms with Gasteiger partial charge in [0.05, 0.1) is 25.2 Å². The Balaban J connectivity index is 2.51. The van der Waals surface area contributed by atoms with Gasteiger partial charge in [-0.05, 0) is 12.3 Å². The van der Waals surface area contributed by atoms with Crippen molar-refractivity contribution in [2.45, 2.75) is 39.7 Å². The second-order valence-corrected chi connectivity index (χ2v) is 5.32. The molecule has 0 aliphatic heterocycles. The van der Waals surface area contributed by atoms with Crippen molar-refractivity contribution in [2.75, 3.05) is 13.2 Å². The lowest BCUT2D eigenvalue weighted by Gasteiger charge is -2.22. The Bertz CT molecular complexity index is 388. The SMILES string of the molecule is CC(C)CCCC(=O)N(CCO)Cc1cncn1C. The van der Waals surface area contributed by atoms with E-state index >= 15 is 0 Å². The molecule has 0 aromatic carbocycles. The highest BCUT2D eigenvalue weighted by atomic mass is 16.3. The quantitative estimate of drug-likeness (QED) is 0.777. The molecule has 5 nitrogen and oxygen atoms in total. The van der Waals surface area contributed by atoms with Gasteiger partial charge < -0.3 is 14.6 Å². The first kappa shape index (κ1) is 15.7. The van der Waals surface area contributed by atoms with Crippen LogP contribution < -0.4 is 0 Å². The predicted octanol–water partition coefficient (Wildman–Crippen LogP) is 1.57. The number of carbonyl (C=O) groups is 1. The lowest BCUT2D eigenvalue weighted by molar-refractivity contribution is -0.132.